The van der Waals surface area contributed by atoms with E-state index in [2.05, 4.69) is 31.3 Å². The first-order chi connectivity index (χ1) is 14.7. The summed E-state index contributed by atoms with van der Waals surface area (Å²) in [5.74, 6) is 0.538. The molecule has 3 N–H and O–H groups in total. The fraction of sp³-hybridized carbons (Fsp3) is 0.250. The number of hydrogen-bond acceptors (Lipinski definition) is 6. The molecule has 0 bridgehead atoms. The number of ether oxygens (including phenoxy) is 1. The zero-order chi connectivity index (χ0) is 20.8. The van der Waals surface area contributed by atoms with Gasteiger partial charge in [-0.2, -0.15) is 5.21 Å². The highest BCUT2D eigenvalue weighted by Crippen LogP contribution is 2.15. The lowest BCUT2D eigenvalue weighted by Crippen LogP contribution is -2.40. The van der Waals surface area contributed by atoms with E-state index in [0.717, 1.165) is 5.56 Å². The minimum absolute atomic E-state index is 0.0345. The number of H-pyrrole nitrogens is 1. The van der Waals surface area contributed by atoms with Crippen molar-refractivity contribution in [2.75, 3.05) is 36.9 Å². The summed E-state index contributed by atoms with van der Waals surface area (Å²) in [5.41, 5.74) is 2.76. The van der Waals surface area contributed by atoms with Gasteiger partial charge in [-0.3, -0.25) is 4.79 Å². The summed E-state index contributed by atoms with van der Waals surface area (Å²) in [5, 5.41) is 19.4. The fourth-order valence-corrected chi connectivity index (χ4v) is 3.14. The molecule has 10 nitrogen and oxygen atoms in total. The van der Waals surface area contributed by atoms with Crippen LogP contribution in [-0.2, 0) is 11.2 Å². The Bertz CT molecular complexity index is 1000. The third-order valence-corrected chi connectivity index (χ3v) is 4.62. The van der Waals surface area contributed by atoms with Crippen LogP contribution in [0.2, 0.25) is 0 Å². The Morgan fingerprint density at radius 2 is 1.80 bits per heavy atom. The van der Waals surface area contributed by atoms with E-state index in [9.17, 15) is 9.59 Å². The number of morpholine rings is 1. The van der Waals surface area contributed by atoms with Crippen molar-refractivity contribution in [3.05, 3.63) is 65.5 Å². The number of urea groups is 1. The number of anilines is 2. The molecule has 0 aliphatic carbocycles. The van der Waals surface area contributed by atoms with Crippen molar-refractivity contribution in [1.82, 2.24) is 25.5 Å². The molecule has 2 aromatic carbocycles. The normalized spacial score (nSPS) is 13.7. The highest BCUT2D eigenvalue weighted by molar-refractivity contribution is 6.00. The first kappa shape index (κ1) is 19.5. The van der Waals surface area contributed by atoms with Crippen molar-refractivity contribution in [2.24, 2.45) is 0 Å². The molecule has 1 aliphatic rings. The molecule has 4 rings (SSSR count). The van der Waals surface area contributed by atoms with Gasteiger partial charge in [0.1, 0.15) is 0 Å². The summed E-state index contributed by atoms with van der Waals surface area (Å²) >= 11 is 0. The molecule has 0 atom stereocenters. The van der Waals surface area contributed by atoms with Crippen LogP contribution in [-0.4, -0.2) is 63.8 Å². The predicted molar refractivity (Wildman–Crippen MR) is 109 cm³/mol. The molecule has 0 radical (unpaired) electrons. The van der Waals surface area contributed by atoms with Crippen LogP contribution in [0.4, 0.5) is 16.2 Å². The SMILES string of the molecule is O=C(Nc1ccc(C(=O)N2CCOCC2)cc1)Nc1cccc(Cc2nn[nH]n2)c1. The number of nitrogens with zero attached hydrogens (tertiary/aromatic N) is 4. The number of hydrogen-bond donors (Lipinski definition) is 3. The van der Waals surface area contributed by atoms with Crippen LogP contribution in [0.5, 0.6) is 0 Å². The third kappa shape index (κ3) is 4.97. The lowest BCUT2D eigenvalue weighted by atomic mass is 10.1. The number of benzene rings is 2. The molecule has 154 valence electrons. The van der Waals surface area contributed by atoms with Gasteiger partial charge in [0, 0.05) is 36.4 Å². The lowest BCUT2D eigenvalue weighted by molar-refractivity contribution is 0.0303. The zero-order valence-corrected chi connectivity index (χ0v) is 16.2. The van der Waals surface area contributed by atoms with E-state index in [-0.39, 0.29) is 11.9 Å². The Morgan fingerprint density at radius 1 is 1.03 bits per heavy atom. The number of carbonyl (C=O) groups excluding carboxylic acids is 2. The van der Waals surface area contributed by atoms with E-state index in [1.807, 2.05) is 18.2 Å². The Kier molecular flexibility index (Phi) is 5.95. The predicted octanol–water partition coefficient (Wildman–Crippen LogP) is 1.91. The van der Waals surface area contributed by atoms with Crippen LogP contribution in [0.15, 0.2) is 48.5 Å². The van der Waals surface area contributed by atoms with Gasteiger partial charge in [-0.05, 0) is 42.0 Å². The molecule has 1 fully saturated rings. The van der Waals surface area contributed by atoms with E-state index >= 15 is 0 Å². The topological polar surface area (TPSA) is 125 Å². The fourth-order valence-electron chi connectivity index (χ4n) is 3.14. The number of nitrogens with one attached hydrogen (secondary N) is 3. The summed E-state index contributed by atoms with van der Waals surface area (Å²) in [4.78, 5) is 26.6. The monoisotopic (exact) mass is 407 g/mol. The number of amides is 3. The lowest BCUT2D eigenvalue weighted by Gasteiger charge is -2.26. The number of carbonyl (C=O) groups is 2. The molecule has 3 amide bonds. The van der Waals surface area contributed by atoms with Crippen LogP contribution in [0, 0.1) is 0 Å². The van der Waals surface area contributed by atoms with Crippen LogP contribution < -0.4 is 10.6 Å². The molecule has 0 spiro atoms. The first-order valence-corrected chi connectivity index (χ1v) is 9.54. The molecule has 1 aromatic heterocycles. The van der Waals surface area contributed by atoms with Crippen molar-refractivity contribution in [1.29, 1.82) is 0 Å². The van der Waals surface area contributed by atoms with E-state index in [1.165, 1.54) is 0 Å². The molecule has 3 aromatic rings. The molecule has 0 saturated carbocycles. The first-order valence-electron chi connectivity index (χ1n) is 9.54. The van der Waals surface area contributed by atoms with Gasteiger partial charge < -0.3 is 20.3 Å². The number of tetrazole rings is 1. The Balaban J connectivity index is 1.33. The molecular formula is C20H21N7O3. The van der Waals surface area contributed by atoms with Gasteiger partial charge in [0.25, 0.3) is 5.91 Å². The van der Waals surface area contributed by atoms with Gasteiger partial charge in [-0.25, -0.2) is 4.79 Å². The summed E-state index contributed by atoms with van der Waals surface area (Å²) in [6, 6.07) is 13.9. The minimum atomic E-state index is -0.376. The molecule has 1 aliphatic heterocycles. The van der Waals surface area contributed by atoms with Crippen LogP contribution in [0.25, 0.3) is 0 Å². The average Bonchev–Trinajstić information content (AvgIpc) is 3.27. The average molecular weight is 407 g/mol. The van der Waals surface area contributed by atoms with Gasteiger partial charge in [0.05, 0.1) is 13.2 Å². The number of rotatable bonds is 5. The van der Waals surface area contributed by atoms with Gasteiger partial charge in [0.2, 0.25) is 0 Å². The second-order valence-electron chi connectivity index (χ2n) is 6.77. The third-order valence-electron chi connectivity index (χ3n) is 4.62. The van der Waals surface area contributed by atoms with E-state index < -0.39 is 0 Å². The molecule has 2 heterocycles. The van der Waals surface area contributed by atoms with Crippen molar-refractivity contribution in [2.45, 2.75) is 6.42 Å². The second-order valence-corrected chi connectivity index (χ2v) is 6.77. The van der Waals surface area contributed by atoms with E-state index in [0.29, 0.717) is 55.5 Å². The molecule has 1 saturated heterocycles. The zero-order valence-electron chi connectivity index (χ0n) is 16.2. The quantitative estimate of drug-likeness (QED) is 0.593. The molecular weight excluding hydrogens is 386 g/mol. The largest absolute Gasteiger partial charge is 0.378 e. The Labute approximate surface area is 172 Å². The van der Waals surface area contributed by atoms with E-state index in [4.69, 9.17) is 4.74 Å². The molecule has 0 unspecified atom stereocenters. The second kappa shape index (κ2) is 9.14. The number of aromatic amines is 1. The van der Waals surface area contributed by atoms with Crippen molar-refractivity contribution >= 4 is 23.3 Å². The van der Waals surface area contributed by atoms with Crippen molar-refractivity contribution < 1.29 is 14.3 Å². The van der Waals surface area contributed by atoms with Gasteiger partial charge >= 0.3 is 6.03 Å². The van der Waals surface area contributed by atoms with Crippen LogP contribution in [0.1, 0.15) is 21.7 Å². The standard InChI is InChI=1S/C20H21N7O3/c28-19(27-8-10-30-11-9-27)15-4-6-16(7-5-15)21-20(29)22-17-3-1-2-14(12-17)13-18-23-25-26-24-18/h1-7,12H,8-11,13H2,(H2,21,22,29)(H,23,24,25,26). The maximum atomic E-state index is 12.5. The van der Waals surface area contributed by atoms with Crippen LogP contribution in [0.3, 0.4) is 0 Å². The molecule has 10 heteroatoms. The van der Waals surface area contributed by atoms with E-state index in [1.54, 1.807) is 35.2 Å². The minimum Gasteiger partial charge on any atom is -0.378 e. The maximum Gasteiger partial charge on any atom is 0.323 e. The smallest absolute Gasteiger partial charge is 0.323 e. The summed E-state index contributed by atoms with van der Waals surface area (Å²) in [6.07, 6.45) is 0.506. The van der Waals surface area contributed by atoms with Crippen LogP contribution >= 0.6 is 0 Å². The Hall–Kier alpha value is -3.79. The van der Waals surface area contributed by atoms with Gasteiger partial charge in [-0.1, -0.05) is 17.3 Å². The van der Waals surface area contributed by atoms with Crippen molar-refractivity contribution in [3.63, 3.8) is 0 Å². The summed E-state index contributed by atoms with van der Waals surface area (Å²) in [6.45, 7) is 2.30. The molecule has 30 heavy (non-hydrogen) atoms. The highest BCUT2D eigenvalue weighted by Gasteiger charge is 2.18. The van der Waals surface area contributed by atoms with Gasteiger partial charge in [0.15, 0.2) is 5.82 Å². The Morgan fingerprint density at radius 3 is 2.53 bits per heavy atom. The summed E-state index contributed by atoms with van der Waals surface area (Å²) in [7, 11) is 0. The summed E-state index contributed by atoms with van der Waals surface area (Å²) < 4.78 is 5.27. The number of aromatic nitrogens is 4. The maximum absolute atomic E-state index is 12.5. The highest BCUT2D eigenvalue weighted by atomic mass is 16.5. The van der Waals surface area contributed by atoms with Gasteiger partial charge in [-0.15, -0.1) is 10.2 Å². The van der Waals surface area contributed by atoms with Crippen molar-refractivity contribution in [3.8, 4) is 0 Å².